The maximum atomic E-state index is 8.97. The van der Waals surface area contributed by atoms with E-state index in [2.05, 4.69) is 4.90 Å². The molecule has 0 saturated carbocycles. The molecule has 2 aliphatic heterocycles. The third-order valence-electron chi connectivity index (χ3n) is 3.93. The molecule has 94 valence electrons. The van der Waals surface area contributed by atoms with Gasteiger partial charge in [0, 0.05) is 26.3 Å². The van der Waals surface area contributed by atoms with Crippen LogP contribution in [0.5, 0.6) is 0 Å². The highest BCUT2D eigenvalue weighted by molar-refractivity contribution is 4.75. The number of piperidine rings is 1. The van der Waals surface area contributed by atoms with Gasteiger partial charge in [0.05, 0.1) is 6.10 Å². The molecule has 0 radical (unpaired) electrons. The molecule has 2 atom stereocenters. The minimum Gasteiger partial charge on any atom is -0.396 e. The van der Waals surface area contributed by atoms with Gasteiger partial charge in [-0.15, -0.1) is 0 Å². The molecular formula is C13H25NO2. The Morgan fingerprint density at radius 2 is 2.12 bits per heavy atom. The van der Waals surface area contributed by atoms with Crippen molar-refractivity contribution in [3.05, 3.63) is 0 Å². The van der Waals surface area contributed by atoms with Crippen LogP contribution in [0.2, 0.25) is 0 Å². The summed E-state index contributed by atoms with van der Waals surface area (Å²) in [5, 5.41) is 8.97. The van der Waals surface area contributed by atoms with E-state index in [1.807, 2.05) is 0 Å². The highest BCUT2D eigenvalue weighted by Gasteiger charge is 2.21. The van der Waals surface area contributed by atoms with Gasteiger partial charge in [-0.2, -0.15) is 0 Å². The second kappa shape index (κ2) is 6.58. The van der Waals surface area contributed by atoms with Gasteiger partial charge in [0.1, 0.15) is 0 Å². The van der Waals surface area contributed by atoms with E-state index in [4.69, 9.17) is 9.84 Å². The van der Waals surface area contributed by atoms with Crippen molar-refractivity contribution in [2.24, 2.45) is 5.92 Å². The summed E-state index contributed by atoms with van der Waals surface area (Å²) in [7, 11) is 0. The van der Waals surface area contributed by atoms with Crippen molar-refractivity contribution < 1.29 is 9.84 Å². The molecule has 0 aromatic carbocycles. The van der Waals surface area contributed by atoms with Crippen LogP contribution < -0.4 is 0 Å². The number of nitrogens with zero attached hydrogens (tertiary/aromatic N) is 1. The van der Waals surface area contributed by atoms with Crippen LogP contribution in [-0.4, -0.2) is 49.0 Å². The molecule has 0 bridgehead atoms. The highest BCUT2D eigenvalue weighted by Crippen LogP contribution is 2.21. The Morgan fingerprint density at radius 3 is 2.88 bits per heavy atom. The molecule has 1 N–H and O–H groups in total. The van der Waals surface area contributed by atoms with Crippen LogP contribution in [0.15, 0.2) is 0 Å². The number of hydrogen-bond donors (Lipinski definition) is 1. The molecule has 2 rings (SSSR count). The van der Waals surface area contributed by atoms with Crippen LogP contribution in [0.4, 0.5) is 0 Å². The average Bonchev–Trinajstić information content (AvgIpc) is 2.80. The largest absolute Gasteiger partial charge is 0.396 e. The van der Waals surface area contributed by atoms with E-state index in [0.717, 1.165) is 18.9 Å². The normalized spacial score (nSPS) is 32.1. The third kappa shape index (κ3) is 3.72. The molecule has 2 unspecified atom stereocenters. The molecule has 0 aromatic heterocycles. The molecule has 0 amide bonds. The lowest BCUT2D eigenvalue weighted by atomic mass is 9.95. The van der Waals surface area contributed by atoms with Gasteiger partial charge in [0.2, 0.25) is 0 Å². The van der Waals surface area contributed by atoms with Gasteiger partial charge in [0.25, 0.3) is 0 Å². The van der Waals surface area contributed by atoms with Gasteiger partial charge in [-0.1, -0.05) is 0 Å². The second-order valence-electron chi connectivity index (χ2n) is 5.24. The van der Waals surface area contributed by atoms with Crippen LogP contribution in [0.25, 0.3) is 0 Å². The van der Waals surface area contributed by atoms with Crippen molar-refractivity contribution in [3.63, 3.8) is 0 Å². The summed E-state index contributed by atoms with van der Waals surface area (Å²) in [6.45, 7) is 4.94. The summed E-state index contributed by atoms with van der Waals surface area (Å²) < 4.78 is 5.65. The number of aliphatic hydroxyl groups is 1. The molecule has 0 spiro atoms. The first kappa shape index (κ1) is 12.3. The fourth-order valence-electron chi connectivity index (χ4n) is 2.97. The average molecular weight is 227 g/mol. The second-order valence-corrected chi connectivity index (χ2v) is 5.24. The van der Waals surface area contributed by atoms with E-state index < -0.39 is 0 Å². The van der Waals surface area contributed by atoms with E-state index >= 15 is 0 Å². The topological polar surface area (TPSA) is 32.7 Å². The van der Waals surface area contributed by atoms with Crippen molar-refractivity contribution in [1.29, 1.82) is 0 Å². The zero-order valence-corrected chi connectivity index (χ0v) is 10.2. The molecule has 3 heteroatoms. The number of rotatable bonds is 5. The summed E-state index contributed by atoms with van der Waals surface area (Å²) in [5.41, 5.74) is 0. The standard InChI is InChI=1S/C13H25NO2/c15-9-6-12-3-1-7-14(11-12)8-5-13-4-2-10-16-13/h12-13,15H,1-11H2. The number of likely N-dealkylation sites (tertiary alicyclic amines) is 1. The van der Waals surface area contributed by atoms with Crippen molar-refractivity contribution in [2.45, 2.75) is 44.6 Å². The Morgan fingerprint density at radius 1 is 1.19 bits per heavy atom. The molecule has 0 aliphatic carbocycles. The molecule has 2 saturated heterocycles. The first-order valence-corrected chi connectivity index (χ1v) is 6.83. The van der Waals surface area contributed by atoms with E-state index in [0.29, 0.717) is 12.7 Å². The molecule has 2 heterocycles. The maximum Gasteiger partial charge on any atom is 0.0588 e. The monoisotopic (exact) mass is 227 g/mol. The summed E-state index contributed by atoms with van der Waals surface area (Å²) in [6, 6.07) is 0. The minimum atomic E-state index is 0.351. The zero-order chi connectivity index (χ0) is 11.2. The van der Waals surface area contributed by atoms with Crippen molar-refractivity contribution in [2.75, 3.05) is 32.8 Å². The van der Waals surface area contributed by atoms with Crippen molar-refractivity contribution in [3.8, 4) is 0 Å². The van der Waals surface area contributed by atoms with Crippen LogP contribution in [0.1, 0.15) is 38.5 Å². The van der Waals surface area contributed by atoms with E-state index in [9.17, 15) is 0 Å². The number of hydrogen-bond acceptors (Lipinski definition) is 3. The van der Waals surface area contributed by atoms with Crippen LogP contribution in [0.3, 0.4) is 0 Å². The lowest BCUT2D eigenvalue weighted by molar-refractivity contribution is 0.0803. The zero-order valence-electron chi connectivity index (χ0n) is 10.2. The van der Waals surface area contributed by atoms with E-state index in [-0.39, 0.29) is 0 Å². The number of aliphatic hydroxyl groups excluding tert-OH is 1. The minimum absolute atomic E-state index is 0.351. The lowest BCUT2D eigenvalue weighted by Crippen LogP contribution is -2.37. The van der Waals surface area contributed by atoms with Gasteiger partial charge < -0.3 is 14.7 Å². The Hall–Kier alpha value is -0.120. The predicted octanol–water partition coefficient (Wildman–Crippen LogP) is 1.65. The summed E-state index contributed by atoms with van der Waals surface area (Å²) in [6.07, 6.45) is 7.82. The fraction of sp³-hybridized carbons (Fsp3) is 1.00. The molecule has 3 nitrogen and oxygen atoms in total. The van der Waals surface area contributed by atoms with Crippen LogP contribution >= 0.6 is 0 Å². The Balaban J connectivity index is 1.64. The Bertz CT molecular complexity index is 190. The van der Waals surface area contributed by atoms with Gasteiger partial charge in [-0.3, -0.25) is 0 Å². The van der Waals surface area contributed by atoms with Crippen molar-refractivity contribution in [1.82, 2.24) is 4.90 Å². The molecule has 2 aliphatic rings. The Kier molecular flexibility index (Phi) is 5.07. The molecule has 0 aromatic rings. The first-order chi connectivity index (χ1) is 7.88. The fourth-order valence-corrected chi connectivity index (χ4v) is 2.97. The van der Waals surface area contributed by atoms with Crippen LogP contribution in [-0.2, 0) is 4.74 Å². The highest BCUT2D eigenvalue weighted by atomic mass is 16.5. The summed E-state index contributed by atoms with van der Waals surface area (Å²) in [4.78, 5) is 2.56. The number of ether oxygens (including phenoxy) is 1. The first-order valence-electron chi connectivity index (χ1n) is 6.83. The van der Waals surface area contributed by atoms with Crippen molar-refractivity contribution >= 4 is 0 Å². The van der Waals surface area contributed by atoms with Gasteiger partial charge in [0.15, 0.2) is 0 Å². The predicted molar refractivity (Wildman–Crippen MR) is 64.5 cm³/mol. The smallest absolute Gasteiger partial charge is 0.0588 e. The Labute approximate surface area is 98.8 Å². The lowest BCUT2D eigenvalue weighted by Gasteiger charge is -2.33. The SMILES string of the molecule is OCCC1CCCN(CCC2CCCO2)C1. The summed E-state index contributed by atoms with van der Waals surface area (Å²) >= 11 is 0. The van der Waals surface area contributed by atoms with E-state index in [1.165, 1.54) is 51.7 Å². The summed E-state index contributed by atoms with van der Waals surface area (Å²) in [5.74, 6) is 0.725. The van der Waals surface area contributed by atoms with E-state index in [1.54, 1.807) is 0 Å². The molecule has 16 heavy (non-hydrogen) atoms. The molecule has 2 fully saturated rings. The van der Waals surface area contributed by atoms with Gasteiger partial charge in [-0.25, -0.2) is 0 Å². The van der Waals surface area contributed by atoms with Gasteiger partial charge in [-0.05, 0) is 51.0 Å². The van der Waals surface area contributed by atoms with Gasteiger partial charge >= 0.3 is 0 Å². The maximum absolute atomic E-state index is 8.97. The van der Waals surface area contributed by atoms with Crippen LogP contribution in [0, 0.1) is 5.92 Å². The quantitative estimate of drug-likeness (QED) is 0.775. The molecular weight excluding hydrogens is 202 g/mol. The third-order valence-corrected chi connectivity index (χ3v) is 3.93.